The highest BCUT2D eigenvalue weighted by atomic mass is 127. The maximum absolute atomic E-state index is 13.0. The van der Waals surface area contributed by atoms with E-state index in [1.807, 2.05) is 45.2 Å². The molecule has 5 nitrogen and oxygen atoms in total. The Bertz CT molecular complexity index is 737. The fraction of sp³-hybridized carbons (Fsp3) is 0. The first-order chi connectivity index (χ1) is 9.88. The lowest BCUT2D eigenvalue weighted by Crippen LogP contribution is -2.14. The second-order valence-corrected chi connectivity index (χ2v) is 6.32. The molecule has 2 aromatic carbocycles. The molecule has 2 aromatic rings. The lowest BCUT2D eigenvalue weighted by atomic mass is 10.2. The molecule has 0 atom stereocenters. The van der Waals surface area contributed by atoms with Crippen molar-refractivity contribution < 1.29 is 14.1 Å². The normalized spacial score (nSPS) is 10.2. The van der Waals surface area contributed by atoms with Crippen LogP contribution in [0.1, 0.15) is 10.4 Å². The summed E-state index contributed by atoms with van der Waals surface area (Å²) in [7, 11) is 0. The first-order valence-corrected chi connectivity index (χ1v) is 7.74. The second kappa shape index (κ2) is 6.64. The number of nitro benzene ring substituents is 1. The van der Waals surface area contributed by atoms with Crippen LogP contribution >= 0.6 is 45.2 Å². The van der Waals surface area contributed by atoms with E-state index in [9.17, 15) is 19.3 Å². The molecule has 0 saturated heterocycles. The number of carbonyl (C=O) groups excluding carboxylic acids is 1. The largest absolute Gasteiger partial charge is 0.321 e. The summed E-state index contributed by atoms with van der Waals surface area (Å²) in [5, 5.41) is 13.4. The van der Waals surface area contributed by atoms with Gasteiger partial charge in [0.1, 0.15) is 5.82 Å². The molecule has 2 rings (SSSR count). The van der Waals surface area contributed by atoms with Crippen LogP contribution in [-0.2, 0) is 0 Å². The van der Waals surface area contributed by atoms with Crippen LogP contribution in [-0.4, -0.2) is 10.8 Å². The summed E-state index contributed by atoms with van der Waals surface area (Å²) >= 11 is 3.83. The topological polar surface area (TPSA) is 72.2 Å². The molecular weight excluding hydrogens is 505 g/mol. The molecule has 0 heterocycles. The molecule has 8 heteroatoms. The van der Waals surface area contributed by atoms with Gasteiger partial charge in [-0.25, -0.2) is 4.39 Å². The van der Waals surface area contributed by atoms with Crippen molar-refractivity contribution in [2.24, 2.45) is 0 Å². The number of nitrogens with zero attached hydrogens (tertiary/aromatic N) is 1. The highest BCUT2D eigenvalue weighted by Crippen LogP contribution is 2.23. The highest BCUT2D eigenvalue weighted by Gasteiger charge is 2.16. The number of benzene rings is 2. The van der Waals surface area contributed by atoms with Crippen LogP contribution in [0.2, 0.25) is 0 Å². The van der Waals surface area contributed by atoms with E-state index in [2.05, 4.69) is 5.32 Å². The molecule has 0 aliphatic rings. The minimum absolute atomic E-state index is 0.158. The quantitative estimate of drug-likeness (QED) is 0.381. The Labute approximate surface area is 146 Å². The zero-order valence-corrected chi connectivity index (χ0v) is 14.6. The number of rotatable bonds is 3. The van der Waals surface area contributed by atoms with Gasteiger partial charge in [0.2, 0.25) is 0 Å². The molecule has 0 spiro atoms. The summed E-state index contributed by atoms with van der Waals surface area (Å²) in [4.78, 5) is 22.4. The van der Waals surface area contributed by atoms with E-state index in [0.717, 1.165) is 0 Å². The van der Waals surface area contributed by atoms with Crippen molar-refractivity contribution in [3.05, 3.63) is 65.0 Å². The van der Waals surface area contributed by atoms with Crippen molar-refractivity contribution in [3.63, 3.8) is 0 Å². The number of nitro groups is 1. The van der Waals surface area contributed by atoms with Crippen LogP contribution in [0.15, 0.2) is 36.4 Å². The van der Waals surface area contributed by atoms with E-state index in [4.69, 9.17) is 0 Å². The standard InChI is InChI=1S/C13H7FI2N2O3/c14-7-1-4-12(11(16)5-7)17-13(19)9-6-8(18(20)21)2-3-10(9)15/h1-6H,(H,17,19). The monoisotopic (exact) mass is 512 g/mol. The van der Waals surface area contributed by atoms with Gasteiger partial charge in [-0.3, -0.25) is 14.9 Å². The Morgan fingerprint density at radius 3 is 2.48 bits per heavy atom. The summed E-state index contributed by atoms with van der Waals surface area (Å²) in [6, 6.07) is 8.01. The molecule has 0 aromatic heterocycles. The zero-order chi connectivity index (χ0) is 15.6. The van der Waals surface area contributed by atoms with Crippen LogP contribution < -0.4 is 5.32 Å². The molecular formula is C13H7FI2N2O3. The first-order valence-electron chi connectivity index (χ1n) is 5.59. The van der Waals surface area contributed by atoms with Crippen LogP contribution in [0.4, 0.5) is 15.8 Å². The van der Waals surface area contributed by atoms with Gasteiger partial charge in [0.05, 0.1) is 16.2 Å². The molecule has 1 N–H and O–H groups in total. The molecule has 0 saturated carbocycles. The minimum atomic E-state index is -0.561. The van der Waals surface area contributed by atoms with Gasteiger partial charge in [-0.05, 0) is 69.4 Å². The smallest absolute Gasteiger partial charge is 0.270 e. The molecule has 0 aliphatic carbocycles. The predicted octanol–water partition coefficient (Wildman–Crippen LogP) is 4.20. The molecule has 0 bridgehead atoms. The van der Waals surface area contributed by atoms with Gasteiger partial charge in [-0.15, -0.1) is 0 Å². The first kappa shape index (κ1) is 16.1. The zero-order valence-electron chi connectivity index (χ0n) is 10.3. The Morgan fingerprint density at radius 1 is 1.14 bits per heavy atom. The Hall–Kier alpha value is -1.30. The van der Waals surface area contributed by atoms with E-state index < -0.39 is 16.6 Å². The number of nitrogens with one attached hydrogen (secondary N) is 1. The lowest BCUT2D eigenvalue weighted by molar-refractivity contribution is -0.384. The SMILES string of the molecule is O=C(Nc1ccc(F)cc1I)c1cc([N+](=O)[O-])ccc1I. The molecule has 1 amide bonds. The van der Waals surface area contributed by atoms with Crippen molar-refractivity contribution in [2.45, 2.75) is 0 Å². The Balaban J connectivity index is 2.32. The number of halogens is 3. The molecule has 21 heavy (non-hydrogen) atoms. The van der Waals surface area contributed by atoms with Gasteiger partial charge in [-0.2, -0.15) is 0 Å². The summed E-state index contributed by atoms with van der Waals surface area (Å²) < 4.78 is 14.2. The third kappa shape index (κ3) is 3.87. The summed E-state index contributed by atoms with van der Waals surface area (Å²) in [5.41, 5.74) is 0.489. The van der Waals surface area contributed by atoms with Crippen LogP contribution in [0.3, 0.4) is 0 Å². The van der Waals surface area contributed by atoms with Crippen molar-refractivity contribution in [1.29, 1.82) is 0 Å². The predicted molar refractivity (Wildman–Crippen MR) is 92.9 cm³/mol. The van der Waals surface area contributed by atoms with E-state index >= 15 is 0 Å². The maximum atomic E-state index is 13.0. The second-order valence-electron chi connectivity index (χ2n) is 4.00. The Kier molecular flexibility index (Phi) is 5.08. The molecule has 108 valence electrons. The van der Waals surface area contributed by atoms with Crippen molar-refractivity contribution in [2.75, 3.05) is 5.32 Å². The van der Waals surface area contributed by atoms with Crippen LogP contribution in [0, 0.1) is 23.1 Å². The number of hydrogen-bond acceptors (Lipinski definition) is 3. The lowest BCUT2D eigenvalue weighted by Gasteiger charge is -2.08. The third-order valence-electron chi connectivity index (χ3n) is 2.58. The average Bonchev–Trinajstić information content (AvgIpc) is 2.42. The third-order valence-corrected chi connectivity index (χ3v) is 4.42. The number of carbonyl (C=O) groups is 1. The van der Waals surface area contributed by atoms with Gasteiger partial charge in [0.15, 0.2) is 0 Å². The summed E-state index contributed by atoms with van der Waals surface area (Å²) in [6.07, 6.45) is 0. The van der Waals surface area contributed by atoms with Crippen LogP contribution in [0.5, 0.6) is 0 Å². The molecule has 0 fully saturated rings. The molecule has 0 aliphatic heterocycles. The number of anilines is 1. The van der Waals surface area contributed by atoms with Gasteiger partial charge in [-0.1, -0.05) is 0 Å². The molecule has 0 unspecified atom stereocenters. The summed E-state index contributed by atoms with van der Waals surface area (Å²) in [5.74, 6) is -0.880. The van der Waals surface area contributed by atoms with Crippen LogP contribution in [0.25, 0.3) is 0 Å². The number of hydrogen-bond donors (Lipinski definition) is 1. The van der Waals surface area contributed by atoms with Crippen molar-refractivity contribution in [1.82, 2.24) is 0 Å². The number of non-ortho nitro benzene ring substituents is 1. The van der Waals surface area contributed by atoms with Crippen molar-refractivity contribution in [3.8, 4) is 0 Å². The molecule has 0 radical (unpaired) electrons. The van der Waals surface area contributed by atoms with Gasteiger partial charge in [0.25, 0.3) is 11.6 Å². The van der Waals surface area contributed by atoms with Gasteiger partial charge in [0, 0.05) is 19.3 Å². The van der Waals surface area contributed by atoms with E-state index in [1.165, 1.54) is 36.4 Å². The Morgan fingerprint density at radius 2 is 1.86 bits per heavy atom. The fourth-order valence-corrected chi connectivity index (χ4v) is 2.77. The van der Waals surface area contributed by atoms with E-state index in [0.29, 0.717) is 12.8 Å². The number of amides is 1. The average molecular weight is 512 g/mol. The van der Waals surface area contributed by atoms with Gasteiger partial charge < -0.3 is 5.32 Å². The van der Waals surface area contributed by atoms with E-state index in [1.54, 1.807) is 0 Å². The fourth-order valence-electron chi connectivity index (χ4n) is 1.58. The minimum Gasteiger partial charge on any atom is -0.321 e. The summed E-state index contributed by atoms with van der Waals surface area (Å²) in [6.45, 7) is 0. The van der Waals surface area contributed by atoms with Crippen molar-refractivity contribution >= 4 is 62.5 Å². The van der Waals surface area contributed by atoms with Gasteiger partial charge >= 0.3 is 0 Å². The maximum Gasteiger partial charge on any atom is 0.270 e. The van der Waals surface area contributed by atoms with E-state index in [-0.39, 0.29) is 11.3 Å². The highest BCUT2D eigenvalue weighted by molar-refractivity contribution is 14.1.